The van der Waals surface area contributed by atoms with Gasteiger partial charge in [-0.25, -0.2) is 0 Å². The maximum absolute atomic E-state index is 12.6. The molecule has 6 heteroatoms. The van der Waals surface area contributed by atoms with E-state index in [1.807, 2.05) is 54.6 Å². The maximum Gasteiger partial charge on any atom is 0.251 e. The summed E-state index contributed by atoms with van der Waals surface area (Å²) in [5.74, 6) is -0.0315. The van der Waals surface area contributed by atoms with Crippen LogP contribution in [0.25, 0.3) is 11.1 Å². The van der Waals surface area contributed by atoms with Gasteiger partial charge in [0.25, 0.3) is 5.91 Å². The van der Waals surface area contributed by atoms with Crippen LogP contribution >= 0.6 is 0 Å². The Morgan fingerprint density at radius 3 is 1.83 bits per heavy atom. The molecule has 53 heavy (non-hydrogen) atoms. The third-order valence-electron chi connectivity index (χ3n) is 9.99. The van der Waals surface area contributed by atoms with Gasteiger partial charge in [-0.15, -0.1) is 0 Å². The highest BCUT2D eigenvalue weighted by Gasteiger charge is 2.39. The number of ether oxygens (including phenoxy) is 2. The topological polar surface area (TPSA) is 71.0 Å². The Kier molecular flexibility index (Phi) is 11.8. The van der Waals surface area contributed by atoms with Crippen molar-refractivity contribution in [1.82, 2.24) is 10.2 Å². The lowest BCUT2D eigenvalue weighted by molar-refractivity contribution is -0.276. The van der Waals surface area contributed by atoms with Crippen LogP contribution in [0.4, 0.5) is 0 Å². The molecule has 1 heterocycles. The standard InChI is InChI=1S/C47H46N2O4/c1-34-44(32-49(30-35-12-5-2-6-13-35)31-36-14-7-3-8-15-36)52-47(53-45(34)40-22-20-37(33-50)21-23-40)42-26-24-39(25-27-42)43-19-11-16-38(28-43)29-48-46(51)41-17-9-4-10-18-41/h2-28,34,44-45,47,50H,29-33H2,1H3,(H,48,51)/t34-,44+,45+,47+/m0/s1. The van der Waals surface area contributed by atoms with E-state index < -0.39 is 6.29 Å². The number of aliphatic hydroxyl groups is 1. The summed E-state index contributed by atoms with van der Waals surface area (Å²) in [5.41, 5.74) is 9.22. The highest BCUT2D eigenvalue weighted by molar-refractivity contribution is 5.94. The maximum atomic E-state index is 12.6. The number of nitrogens with one attached hydrogen (secondary N) is 1. The Labute approximate surface area is 312 Å². The minimum atomic E-state index is -0.567. The first kappa shape index (κ1) is 36.0. The molecule has 0 aliphatic carbocycles. The molecule has 0 saturated carbocycles. The Hall–Kier alpha value is -5.37. The van der Waals surface area contributed by atoms with Crippen LogP contribution in [0.2, 0.25) is 0 Å². The minimum absolute atomic E-state index is 0.00122. The monoisotopic (exact) mass is 702 g/mol. The summed E-state index contributed by atoms with van der Waals surface area (Å²) >= 11 is 0. The average Bonchev–Trinajstić information content (AvgIpc) is 3.22. The van der Waals surface area contributed by atoms with Gasteiger partial charge < -0.3 is 19.9 Å². The molecular weight excluding hydrogens is 657 g/mol. The van der Waals surface area contributed by atoms with E-state index in [0.717, 1.165) is 53.0 Å². The molecule has 0 spiro atoms. The third kappa shape index (κ3) is 9.36. The number of aliphatic hydroxyl groups excluding tert-OH is 1. The van der Waals surface area contributed by atoms with Crippen molar-refractivity contribution in [1.29, 1.82) is 0 Å². The summed E-state index contributed by atoms with van der Waals surface area (Å²) in [6, 6.07) is 55.2. The van der Waals surface area contributed by atoms with Gasteiger partial charge in [-0.2, -0.15) is 0 Å². The molecule has 6 aromatic carbocycles. The third-order valence-corrected chi connectivity index (χ3v) is 9.99. The largest absolute Gasteiger partial charge is 0.392 e. The number of amides is 1. The number of nitrogens with zero attached hydrogens (tertiary/aromatic N) is 1. The average molecular weight is 703 g/mol. The van der Waals surface area contributed by atoms with E-state index in [1.54, 1.807) is 0 Å². The van der Waals surface area contributed by atoms with Crippen LogP contribution in [0.1, 0.15) is 63.1 Å². The van der Waals surface area contributed by atoms with Crippen molar-refractivity contribution in [3.8, 4) is 11.1 Å². The first-order valence-corrected chi connectivity index (χ1v) is 18.4. The molecule has 0 radical (unpaired) electrons. The van der Waals surface area contributed by atoms with Gasteiger partial charge in [0.2, 0.25) is 0 Å². The predicted octanol–water partition coefficient (Wildman–Crippen LogP) is 9.27. The van der Waals surface area contributed by atoms with Gasteiger partial charge >= 0.3 is 0 Å². The van der Waals surface area contributed by atoms with Crippen LogP contribution in [0.3, 0.4) is 0 Å². The fraction of sp³-hybridized carbons (Fsp3) is 0.213. The van der Waals surface area contributed by atoms with Crippen molar-refractivity contribution < 1.29 is 19.4 Å². The first-order chi connectivity index (χ1) is 26.0. The van der Waals surface area contributed by atoms with Crippen LogP contribution in [-0.2, 0) is 35.7 Å². The van der Waals surface area contributed by atoms with Crippen LogP contribution in [0, 0.1) is 5.92 Å². The number of carbonyl (C=O) groups excluding carboxylic acids is 1. The zero-order chi connectivity index (χ0) is 36.4. The second-order valence-corrected chi connectivity index (χ2v) is 13.8. The number of rotatable bonds is 13. The lowest BCUT2D eigenvalue weighted by Gasteiger charge is -2.43. The van der Waals surface area contributed by atoms with Crippen molar-refractivity contribution in [3.05, 3.63) is 203 Å². The van der Waals surface area contributed by atoms with Crippen molar-refractivity contribution in [2.45, 2.75) is 51.7 Å². The van der Waals surface area contributed by atoms with Gasteiger partial charge in [0, 0.05) is 43.2 Å². The molecule has 0 bridgehead atoms. The lowest BCUT2D eigenvalue weighted by Crippen LogP contribution is -2.44. The SMILES string of the molecule is C[C@H]1[C@@H](CN(Cc2ccccc2)Cc2ccccc2)O[C@@H](c2ccc(-c3cccc(CNC(=O)c4ccccc4)c3)cc2)O[C@H]1c1ccc(CO)cc1. The summed E-state index contributed by atoms with van der Waals surface area (Å²) in [6.07, 6.45) is -0.891. The van der Waals surface area contributed by atoms with Gasteiger partial charge in [-0.05, 0) is 57.1 Å². The molecule has 0 unspecified atom stereocenters. The first-order valence-electron chi connectivity index (χ1n) is 18.4. The molecular formula is C47H46N2O4. The summed E-state index contributed by atoms with van der Waals surface area (Å²) in [4.78, 5) is 15.1. The fourth-order valence-electron chi connectivity index (χ4n) is 7.02. The second-order valence-electron chi connectivity index (χ2n) is 13.8. The molecule has 0 aromatic heterocycles. The summed E-state index contributed by atoms with van der Waals surface area (Å²) in [5, 5.41) is 12.7. The highest BCUT2D eigenvalue weighted by atomic mass is 16.7. The molecule has 7 rings (SSSR count). The molecule has 1 aliphatic heterocycles. The van der Waals surface area contributed by atoms with Crippen LogP contribution in [0.5, 0.6) is 0 Å². The Bertz CT molecular complexity index is 2000. The van der Waals surface area contributed by atoms with Gasteiger partial charge in [0.15, 0.2) is 6.29 Å². The van der Waals surface area contributed by atoms with Crippen LogP contribution in [-0.4, -0.2) is 28.6 Å². The second kappa shape index (κ2) is 17.4. The van der Waals surface area contributed by atoms with Gasteiger partial charge in [0.05, 0.1) is 18.8 Å². The van der Waals surface area contributed by atoms with E-state index in [2.05, 4.69) is 126 Å². The molecule has 6 aromatic rings. The van der Waals surface area contributed by atoms with Gasteiger partial charge in [-0.1, -0.05) is 153 Å². The van der Waals surface area contributed by atoms with E-state index in [9.17, 15) is 9.90 Å². The smallest absolute Gasteiger partial charge is 0.251 e. The molecule has 268 valence electrons. The quantitative estimate of drug-likeness (QED) is 0.126. The molecule has 1 fully saturated rings. The number of hydrogen-bond donors (Lipinski definition) is 2. The van der Waals surface area contributed by atoms with Gasteiger partial charge in [0.1, 0.15) is 0 Å². The molecule has 1 amide bonds. The summed E-state index contributed by atoms with van der Waals surface area (Å²) in [6.45, 7) is 4.98. The normalized spacial score (nSPS) is 18.5. The molecule has 2 N–H and O–H groups in total. The number of carbonyl (C=O) groups is 1. The van der Waals surface area contributed by atoms with Gasteiger partial charge in [-0.3, -0.25) is 9.69 Å². The summed E-state index contributed by atoms with van der Waals surface area (Å²) in [7, 11) is 0. The number of benzene rings is 6. The van der Waals surface area contributed by atoms with E-state index in [-0.39, 0.29) is 30.6 Å². The van der Waals surface area contributed by atoms with E-state index in [1.165, 1.54) is 11.1 Å². The van der Waals surface area contributed by atoms with Crippen molar-refractivity contribution in [2.75, 3.05) is 6.54 Å². The minimum Gasteiger partial charge on any atom is -0.392 e. The summed E-state index contributed by atoms with van der Waals surface area (Å²) < 4.78 is 13.7. The molecule has 6 nitrogen and oxygen atoms in total. The lowest BCUT2D eigenvalue weighted by atomic mass is 9.89. The van der Waals surface area contributed by atoms with E-state index in [4.69, 9.17) is 9.47 Å². The highest BCUT2D eigenvalue weighted by Crippen LogP contribution is 2.42. The zero-order valence-electron chi connectivity index (χ0n) is 30.1. The van der Waals surface area contributed by atoms with Crippen molar-refractivity contribution >= 4 is 5.91 Å². The van der Waals surface area contributed by atoms with Crippen LogP contribution < -0.4 is 5.32 Å². The van der Waals surface area contributed by atoms with Crippen molar-refractivity contribution in [3.63, 3.8) is 0 Å². The molecule has 1 aliphatic rings. The fourth-order valence-corrected chi connectivity index (χ4v) is 7.02. The zero-order valence-corrected chi connectivity index (χ0v) is 30.1. The van der Waals surface area contributed by atoms with E-state index >= 15 is 0 Å². The molecule has 4 atom stereocenters. The van der Waals surface area contributed by atoms with Crippen LogP contribution in [0.15, 0.2) is 164 Å². The Morgan fingerprint density at radius 1 is 0.623 bits per heavy atom. The molecule has 1 saturated heterocycles. The number of hydrogen-bond acceptors (Lipinski definition) is 5. The predicted molar refractivity (Wildman–Crippen MR) is 209 cm³/mol. The Balaban J connectivity index is 1.11. The Morgan fingerprint density at radius 2 is 1.21 bits per heavy atom. The van der Waals surface area contributed by atoms with E-state index in [0.29, 0.717) is 12.1 Å². The van der Waals surface area contributed by atoms with Crippen molar-refractivity contribution in [2.24, 2.45) is 5.92 Å².